The molecule has 1 amide bonds. The Balaban J connectivity index is 2.28. The summed E-state index contributed by atoms with van der Waals surface area (Å²) in [5.74, 6) is 0.218. The monoisotopic (exact) mass is 276 g/mol. The lowest BCUT2D eigenvalue weighted by Gasteiger charge is -2.09. The minimum Gasteiger partial charge on any atom is -0.373 e. The van der Waals surface area contributed by atoms with Crippen LogP contribution in [0, 0.1) is 6.92 Å². The number of pyridine rings is 2. The standard InChI is InChI=1S/C13H13ClN4O/c1-8-5-6-16-7-10(8)17-13(19)12-9(14)3-4-11(15-2)18-12/h3-7H,1-2H3,(H,15,18)(H,17,19). The molecule has 98 valence electrons. The van der Waals surface area contributed by atoms with E-state index in [0.29, 0.717) is 16.5 Å². The number of aromatic nitrogens is 2. The molecule has 0 fully saturated rings. The number of amides is 1. The molecule has 0 aromatic carbocycles. The molecule has 0 radical (unpaired) electrons. The molecule has 2 aromatic rings. The summed E-state index contributed by atoms with van der Waals surface area (Å²) in [6, 6.07) is 5.15. The van der Waals surface area contributed by atoms with E-state index in [1.165, 1.54) is 0 Å². The maximum Gasteiger partial charge on any atom is 0.275 e. The second kappa shape index (κ2) is 5.67. The molecule has 0 atom stereocenters. The number of halogens is 1. The van der Waals surface area contributed by atoms with E-state index in [0.717, 1.165) is 5.56 Å². The average Bonchev–Trinajstić information content (AvgIpc) is 2.42. The van der Waals surface area contributed by atoms with Crippen molar-refractivity contribution < 1.29 is 4.79 Å². The third-order valence-electron chi connectivity index (χ3n) is 2.60. The highest BCUT2D eigenvalue weighted by Crippen LogP contribution is 2.19. The van der Waals surface area contributed by atoms with E-state index in [-0.39, 0.29) is 11.6 Å². The lowest BCUT2D eigenvalue weighted by Crippen LogP contribution is -2.15. The van der Waals surface area contributed by atoms with Crippen LogP contribution in [0.2, 0.25) is 5.02 Å². The van der Waals surface area contributed by atoms with Gasteiger partial charge in [-0.2, -0.15) is 0 Å². The Hall–Kier alpha value is -2.14. The van der Waals surface area contributed by atoms with Crippen LogP contribution < -0.4 is 10.6 Å². The summed E-state index contributed by atoms with van der Waals surface area (Å²) in [6.07, 6.45) is 3.25. The van der Waals surface area contributed by atoms with Gasteiger partial charge in [0.05, 0.1) is 16.9 Å². The highest BCUT2D eigenvalue weighted by atomic mass is 35.5. The molecule has 0 bridgehead atoms. The van der Waals surface area contributed by atoms with Gasteiger partial charge in [-0.3, -0.25) is 9.78 Å². The third-order valence-corrected chi connectivity index (χ3v) is 2.91. The molecule has 0 aliphatic carbocycles. The Morgan fingerprint density at radius 1 is 1.32 bits per heavy atom. The van der Waals surface area contributed by atoms with Crippen molar-refractivity contribution >= 4 is 29.0 Å². The molecule has 0 aliphatic rings. The third kappa shape index (κ3) is 3.00. The summed E-state index contributed by atoms with van der Waals surface area (Å²) in [6.45, 7) is 1.89. The maximum atomic E-state index is 12.1. The zero-order valence-corrected chi connectivity index (χ0v) is 11.3. The molecule has 0 unspecified atom stereocenters. The summed E-state index contributed by atoms with van der Waals surface area (Å²) >= 11 is 5.99. The summed E-state index contributed by atoms with van der Waals surface area (Å²) in [7, 11) is 1.73. The van der Waals surface area contributed by atoms with Gasteiger partial charge < -0.3 is 10.6 Å². The first-order chi connectivity index (χ1) is 9.11. The van der Waals surface area contributed by atoms with Gasteiger partial charge in [-0.15, -0.1) is 0 Å². The van der Waals surface area contributed by atoms with Gasteiger partial charge in [-0.05, 0) is 30.7 Å². The minimum absolute atomic E-state index is 0.178. The fraction of sp³-hybridized carbons (Fsp3) is 0.154. The predicted octanol–water partition coefficient (Wildman–Crippen LogP) is 2.73. The molecule has 2 heterocycles. The van der Waals surface area contributed by atoms with E-state index in [1.807, 2.05) is 13.0 Å². The average molecular weight is 277 g/mol. The van der Waals surface area contributed by atoms with Crippen LogP contribution in [-0.4, -0.2) is 22.9 Å². The van der Waals surface area contributed by atoms with Gasteiger partial charge >= 0.3 is 0 Å². The first kappa shape index (κ1) is 13.3. The van der Waals surface area contributed by atoms with Crippen molar-refractivity contribution in [3.63, 3.8) is 0 Å². The van der Waals surface area contributed by atoms with Crippen LogP contribution in [0.25, 0.3) is 0 Å². The number of nitrogens with one attached hydrogen (secondary N) is 2. The van der Waals surface area contributed by atoms with Gasteiger partial charge in [0.1, 0.15) is 11.5 Å². The van der Waals surface area contributed by atoms with E-state index in [4.69, 9.17) is 11.6 Å². The maximum absolute atomic E-state index is 12.1. The largest absolute Gasteiger partial charge is 0.373 e. The van der Waals surface area contributed by atoms with E-state index in [9.17, 15) is 4.79 Å². The van der Waals surface area contributed by atoms with Crippen LogP contribution in [0.5, 0.6) is 0 Å². The Morgan fingerprint density at radius 2 is 2.11 bits per heavy atom. The lowest BCUT2D eigenvalue weighted by atomic mass is 10.2. The Morgan fingerprint density at radius 3 is 2.79 bits per heavy atom. The van der Waals surface area contributed by atoms with Crippen molar-refractivity contribution in [3.8, 4) is 0 Å². The predicted molar refractivity (Wildman–Crippen MR) is 75.7 cm³/mol. The highest BCUT2D eigenvalue weighted by Gasteiger charge is 2.14. The second-order valence-corrected chi connectivity index (χ2v) is 4.33. The summed E-state index contributed by atoms with van der Waals surface area (Å²) in [4.78, 5) is 20.3. The smallest absolute Gasteiger partial charge is 0.275 e. The molecule has 5 nitrogen and oxygen atoms in total. The zero-order valence-electron chi connectivity index (χ0n) is 10.6. The number of rotatable bonds is 3. The van der Waals surface area contributed by atoms with Crippen molar-refractivity contribution in [3.05, 3.63) is 46.9 Å². The van der Waals surface area contributed by atoms with Gasteiger partial charge in [0.15, 0.2) is 0 Å². The number of aryl methyl sites for hydroxylation is 1. The van der Waals surface area contributed by atoms with Crippen LogP contribution in [0.4, 0.5) is 11.5 Å². The zero-order chi connectivity index (χ0) is 13.8. The van der Waals surface area contributed by atoms with Gasteiger partial charge in [-0.1, -0.05) is 11.6 Å². The van der Waals surface area contributed by atoms with Gasteiger partial charge in [0.25, 0.3) is 5.91 Å². The van der Waals surface area contributed by atoms with Gasteiger partial charge in [0.2, 0.25) is 0 Å². The van der Waals surface area contributed by atoms with Crippen molar-refractivity contribution in [2.45, 2.75) is 6.92 Å². The molecule has 0 saturated carbocycles. The summed E-state index contributed by atoms with van der Waals surface area (Å²) in [5, 5.41) is 5.91. The van der Waals surface area contributed by atoms with Crippen LogP contribution in [-0.2, 0) is 0 Å². The lowest BCUT2D eigenvalue weighted by molar-refractivity contribution is 0.102. The number of hydrogen-bond donors (Lipinski definition) is 2. The Bertz CT molecular complexity index is 615. The molecule has 0 saturated heterocycles. The Kier molecular flexibility index (Phi) is 3.97. The normalized spacial score (nSPS) is 10.1. The Labute approximate surface area is 116 Å². The molecule has 2 aromatic heterocycles. The van der Waals surface area contributed by atoms with E-state index >= 15 is 0 Å². The van der Waals surface area contributed by atoms with Crippen molar-refractivity contribution in [1.82, 2.24) is 9.97 Å². The van der Waals surface area contributed by atoms with E-state index in [1.54, 1.807) is 31.6 Å². The fourth-order valence-corrected chi connectivity index (χ4v) is 1.71. The van der Waals surface area contributed by atoms with Crippen LogP contribution in [0.1, 0.15) is 16.1 Å². The molecule has 2 rings (SSSR count). The summed E-state index contributed by atoms with van der Waals surface area (Å²) in [5.41, 5.74) is 1.74. The molecule has 0 aliphatic heterocycles. The number of nitrogens with zero attached hydrogens (tertiary/aromatic N) is 2. The fourth-order valence-electron chi connectivity index (χ4n) is 1.52. The SMILES string of the molecule is CNc1ccc(Cl)c(C(=O)Nc2cnccc2C)n1. The van der Waals surface area contributed by atoms with Crippen LogP contribution in [0.15, 0.2) is 30.6 Å². The molecule has 6 heteroatoms. The first-order valence-corrected chi connectivity index (χ1v) is 6.06. The minimum atomic E-state index is -0.363. The van der Waals surface area contributed by atoms with Crippen LogP contribution in [0.3, 0.4) is 0 Å². The molecular formula is C13H13ClN4O. The number of carbonyl (C=O) groups excluding carboxylic acids is 1. The number of carbonyl (C=O) groups is 1. The van der Waals surface area contributed by atoms with Gasteiger partial charge in [-0.25, -0.2) is 4.98 Å². The molecule has 0 spiro atoms. The number of anilines is 2. The topological polar surface area (TPSA) is 66.9 Å². The molecular weight excluding hydrogens is 264 g/mol. The number of hydrogen-bond acceptors (Lipinski definition) is 4. The van der Waals surface area contributed by atoms with Crippen molar-refractivity contribution in [1.29, 1.82) is 0 Å². The first-order valence-electron chi connectivity index (χ1n) is 5.68. The highest BCUT2D eigenvalue weighted by molar-refractivity contribution is 6.34. The molecule has 19 heavy (non-hydrogen) atoms. The second-order valence-electron chi connectivity index (χ2n) is 3.92. The van der Waals surface area contributed by atoms with E-state index in [2.05, 4.69) is 20.6 Å². The molecule has 2 N–H and O–H groups in total. The van der Waals surface area contributed by atoms with E-state index < -0.39 is 0 Å². The van der Waals surface area contributed by atoms with Crippen molar-refractivity contribution in [2.24, 2.45) is 0 Å². The summed E-state index contributed by atoms with van der Waals surface area (Å²) < 4.78 is 0. The quantitative estimate of drug-likeness (QED) is 0.905. The van der Waals surface area contributed by atoms with Gasteiger partial charge in [0, 0.05) is 13.2 Å². The van der Waals surface area contributed by atoms with Crippen molar-refractivity contribution in [2.75, 3.05) is 17.7 Å². The van der Waals surface area contributed by atoms with Crippen LogP contribution >= 0.6 is 11.6 Å².